The Bertz CT molecular complexity index is 1980. The van der Waals surface area contributed by atoms with Crippen molar-refractivity contribution < 1.29 is 28.5 Å². The molecule has 0 spiro atoms. The van der Waals surface area contributed by atoms with Gasteiger partial charge in [0.05, 0.1) is 5.41 Å². The van der Waals surface area contributed by atoms with Crippen LogP contribution in [0.2, 0.25) is 0 Å². The van der Waals surface area contributed by atoms with Crippen LogP contribution in [0.4, 0.5) is 0 Å². The summed E-state index contributed by atoms with van der Waals surface area (Å²) in [7, 11) is 0. The molecule has 4 aromatic rings. The maximum Gasteiger partial charge on any atom is 0.321 e. The molecule has 0 heterocycles. The molecule has 0 fully saturated rings. The fourth-order valence-corrected chi connectivity index (χ4v) is 8.38. The van der Waals surface area contributed by atoms with E-state index in [1.54, 1.807) is 0 Å². The fraction of sp³-hybridized carbons (Fsp3) is 0.519. The molecular weight excluding hydrogens is 745 g/mol. The number of aryl methyl sites for hydroxylation is 4. The maximum atomic E-state index is 14.5. The van der Waals surface area contributed by atoms with Crippen LogP contribution in [0.1, 0.15) is 156 Å². The number of rotatable bonds is 23. The molecule has 0 N–H and O–H groups in total. The Kier molecular flexibility index (Phi) is 17.1. The third-order valence-corrected chi connectivity index (χ3v) is 14.0. The highest BCUT2D eigenvalue weighted by atomic mass is 16.5. The number of unbranched alkanes of at least 4 members (excludes halogenated alkanes) is 1. The van der Waals surface area contributed by atoms with Gasteiger partial charge in [0.1, 0.15) is 39.6 Å². The molecule has 0 saturated carbocycles. The minimum atomic E-state index is -0.857. The molecular formula is C54H74O6. The molecule has 0 aliphatic rings. The summed E-state index contributed by atoms with van der Waals surface area (Å²) in [6, 6.07) is 28.7. The lowest BCUT2D eigenvalue weighted by Crippen LogP contribution is -2.57. The average Bonchev–Trinajstić information content (AvgIpc) is 3.27. The van der Waals surface area contributed by atoms with Gasteiger partial charge in [0.2, 0.25) is 0 Å². The molecule has 326 valence electrons. The molecule has 0 radical (unpaired) electrons. The van der Waals surface area contributed by atoms with Gasteiger partial charge in [-0.3, -0.25) is 9.59 Å². The zero-order chi connectivity index (χ0) is 44.1. The molecule has 0 amide bonds. The van der Waals surface area contributed by atoms with Crippen LogP contribution in [0.15, 0.2) is 84.9 Å². The van der Waals surface area contributed by atoms with Crippen molar-refractivity contribution in [3.63, 3.8) is 0 Å². The second kappa shape index (κ2) is 21.3. The molecule has 6 nitrogen and oxygen atoms in total. The number of esters is 2. The second-order valence-electron chi connectivity index (χ2n) is 17.4. The van der Waals surface area contributed by atoms with Crippen molar-refractivity contribution in [3.8, 4) is 34.1 Å². The van der Waals surface area contributed by atoms with E-state index in [0.717, 1.165) is 85.1 Å². The Morgan fingerprint density at radius 3 is 1.37 bits per heavy atom. The summed E-state index contributed by atoms with van der Waals surface area (Å²) < 4.78 is 25.4. The summed E-state index contributed by atoms with van der Waals surface area (Å²) in [5.74, 6) is 2.44. The molecule has 4 rings (SSSR count). The van der Waals surface area contributed by atoms with E-state index in [1.165, 1.54) is 11.1 Å². The molecule has 0 unspecified atom stereocenters. The highest BCUT2D eigenvalue weighted by Crippen LogP contribution is 2.47. The van der Waals surface area contributed by atoms with Crippen LogP contribution >= 0.6 is 0 Å². The zero-order valence-electron chi connectivity index (χ0n) is 39.0. The van der Waals surface area contributed by atoms with E-state index in [-0.39, 0.29) is 17.5 Å². The van der Waals surface area contributed by atoms with Gasteiger partial charge in [-0.1, -0.05) is 91.8 Å². The minimum absolute atomic E-state index is 0.164. The van der Waals surface area contributed by atoms with Crippen LogP contribution in [0.3, 0.4) is 0 Å². The number of hydrogen-bond donors (Lipinski definition) is 0. The summed E-state index contributed by atoms with van der Waals surface area (Å²) >= 11 is 0. The normalized spacial score (nSPS) is 12.3. The summed E-state index contributed by atoms with van der Waals surface area (Å²) in [5.41, 5.74) is 4.40. The van der Waals surface area contributed by atoms with Gasteiger partial charge in [0.15, 0.2) is 0 Å². The summed E-state index contributed by atoms with van der Waals surface area (Å²) in [4.78, 5) is 27.1. The Morgan fingerprint density at radius 2 is 0.950 bits per heavy atom. The third-order valence-electron chi connectivity index (χ3n) is 14.0. The van der Waals surface area contributed by atoms with Gasteiger partial charge in [-0.25, -0.2) is 0 Å². The number of benzene rings is 4. The van der Waals surface area contributed by atoms with Gasteiger partial charge in [0.25, 0.3) is 0 Å². The SMILES string of the molecule is CCC(C)(CC)Oc1ccc(-c2ccc(OC(=O)C(CC)(CC)C(CC)(CC)Oc3ccc(CCCCc4ccc(OC(=O)C(C)(CC)CC)cc4)cc3)c(C)c2)cc1C. The van der Waals surface area contributed by atoms with Gasteiger partial charge in [-0.05, 0) is 187 Å². The van der Waals surface area contributed by atoms with Crippen molar-refractivity contribution in [2.75, 3.05) is 0 Å². The van der Waals surface area contributed by atoms with Gasteiger partial charge >= 0.3 is 11.9 Å². The van der Waals surface area contributed by atoms with Crippen molar-refractivity contribution in [3.05, 3.63) is 107 Å². The first kappa shape index (κ1) is 48.1. The van der Waals surface area contributed by atoms with E-state index in [1.807, 2.05) is 64.1 Å². The number of carbonyl (C=O) groups is 2. The molecule has 0 saturated heterocycles. The minimum Gasteiger partial charge on any atom is -0.487 e. The first-order chi connectivity index (χ1) is 28.6. The quantitative estimate of drug-likeness (QED) is 0.0422. The molecule has 60 heavy (non-hydrogen) atoms. The molecule has 0 bridgehead atoms. The van der Waals surface area contributed by atoms with E-state index in [4.69, 9.17) is 18.9 Å². The van der Waals surface area contributed by atoms with Gasteiger partial charge in [-0.15, -0.1) is 0 Å². The Morgan fingerprint density at radius 1 is 0.483 bits per heavy atom. The highest BCUT2D eigenvalue weighted by molar-refractivity contribution is 5.82. The van der Waals surface area contributed by atoms with Crippen molar-refractivity contribution in [2.24, 2.45) is 10.8 Å². The van der Waals surface area contributed by atoms with E-state index < -0.39 is 16.4 Å². The number of hydrogen-bond acceptors (Lipinski definition) is 6. The van der Waals surface area contributed by atoms with Crippen molar-refractivity contribution in [1.82, 2.24) is 0 Å². The number of ether oxygens (including phenoxy) is 4. The molecule has 0 aliphatic heterocycles. The summed E-state index contributed by atoms with van der Waals surface area (Å²) in [6.45, 7) is 25.0. The molecule has 0 atom stereocenters. The largest absolute Gasteiger partial charge is 0.487 e. The van der Waals surface area contributed by atoms with Crippen LogP contribution in [0.5, 0.6) is 23.0 Å². The first-order valence-corrected chi connectivity index (χ1v) is 22.9. The van der Waals surface area contributed by atoms with E-state index >= 15 is 0 Å². The predicted molar refractivity (Wildman–Crippen MR) is 247 cm³/mol. The van der Waals surface area contributed by atoms with Crippen LogP contribution in [0, 0.1) is 24.7 Å². The van der Waals surface area contributed by atoms with Crippen molar-refractivity contribution in [2.45, 2.75) is 171 Å². The lowest BCUT2D eigenvalue weighted by atomic mass is 9.65. The van der Waals surface area contributed by atoms with Crippen LogP contribution in [0.25, 0.3) is 11.1 Å². The Labute approximate surface area is 362 Å². The van der Waals surface area contributed by atoms with Gasteiger partial charge < -0.3 is 18.9 Å². The summed E-state index contributed by atoms with van der Waals surface area (Å²) in [5, 5.41) is 0. The maximum absolute atomic E-state index is 14.5. The monoisotopic (exact) mass is 819 g/mol. The summed E-state index contributed by atoms with van der Waals surface area (Å²) in [6.07, 6.45) is 9.93. The fourth-order valence-electron chi connectivity index (χ4n) is 8.38. The molecule has 0 aliphatic carbocycles. The van der Waals surface area contributed by atoms with Crippen LogP contribution < -0.4 is 18.9 Å². The highest BCUT2D eigenvalue weighted by Gasteiger charge is 2.55. The number of carbonyl (C=O) groups excluding carboxylic acids is 2. The second-order valence-corrected chi connectivity index (χ2v) is 17.4. The van der Waals surface area contributed by atoms with Crippen LogP contribution in [-0.4, -0.2) is 23.1 Å². The predicted octanol–water partition coefficient (Wildman–Crippen LogP) is 14.6. The first-order valence-electron chi connectivity index (χ1n) is 22.9. The molecule has 4 aromatic carbocycles. The lowest BCUT2D eigenvalue weighted by molar-refractivity contribution is -0.165. The smallest absolute Gasteiger partial charge is 0.321 e. The molecule has 0 aromatic heterocycles. The standard InChI is InChI=1S/C54H74O6/c1-13-51(11,14-2)49(55)57-45-31-25-41(26-32-45)23-21-22-24-42-27-33-46(34-28-42)59-54(19-7,20-8)53(17-5,18-6)50(56)58-47-35-29-43(37-39(47)9)44-30-36-48(40(10)38-44)60-52(12,15-3)16-4/h25-38H,13-24H2,1-12H3. The Balaban J connectivity index is 1.39. The average molecular weight is 819 g/mol. The van der Waals surface area contributed by atoms with Crippen LogP contribution in [-0.2, 0) is 22.4 Å². The van der Waals surface area contributed by atoms with Crippen molar-refractivity contribution in [1.29, 1.82) is 0 Å². The Hall–Kier alpha value is -4.58. The van der Waals surface area contributed by atoms with E-state index in [0.29, 0.717) is 37.2 Å². The topological polar surface area (TPSA) is 71.1 Å². The molecule has 6 heteroatoms. The lowest BCUT2D eigenvalue weighted by Gasteiger charge is -2.47. The van der Waals surface area contributed by atoms with Gasteiger partial charge in [0, 0.05) is 0 Å². The van der Waals surface area contributed by atoms with Gasteiger partial charge in [-0.2, -0.15) is 0 Å². The van der Waals surface area contributed by atoms with Crippen molar-refractivity contribution >= 4 is 11.9 Å². The van der Waals surface area contributed by atoms with E-state index in [2.05, 4.69) is 104 Å². The zero-order valence-corrected chi connectivity index (χ0v) is 39.0. The van der Waals surface area contributed by atoms with E-state index in [9.17, 15) is 9.59 Å². The third kappa shape index (κ3) is 11.0.